The van der Waals surface area contributed by atoms with E-state index in [2.05, 4.69) is 10.3 Å². The van der Waals surface area contributed by atoms with Crippen molar-refractivity contribution in [2.24, 2.45) is 5.92 Å². The number of hydrogen-bond donors (Lipinski definition) is 2. The summed E-state index contributed by atoms with van der Waals surface area (Å²) in [5, 5.41) is 3.96. The molecule has 20 heavy (non-hydrogen) atoms. The van der Waals surface area contributed by atoms with Gasteiger partial charge in [0.05, 0.1) is 0 Å². The highest BCUT2D eigenvalue weighted by Crippen LogP contribution is 2.29. The van der Waals surface area contributed by atoms with Gasteiger partial charge >= 0.3 is 0 Å². The Morgan fingerprint density at radius 3 is 2.95 bits per heavy atom. The topological polar surface area (TPSA) is 74.5 Å². The molecule has 0 saturated carbocycles. The van der Waals surface area contributed by atoms with Gasteiger partial charge in [-0.2, -0.15) is 0 Å². The number of piperidine rings is 1. The maximum atomic E-state index is 12.6. The van der Waals surface area contributed by atoms with Gasteiger partial charge in [0.2, 0.25) is 0 Å². The van der Waals surface area contributed by atoms with Crippen molar-refractivity contribution in [3.8, 4) is 0 Å². The fraction of sp³-hybridized carbons (Fsp3) is 0.692. The van der Waals surface area contributed by atoms with Gasteiger partial charge in [0.1, 0.15) is 10.7 Å². The molecule has 1 aromatic heterocycles. The largest absolute Gasteiger partial charge is 0.382 e. The van der Waals surface area contributed by atoms with E-state index < -0.39 is 0 Å². The molecule has 2 rings (SSSR count). The van der Waals surface area contributed by atoms with Crippen LogP contribution in [-0.4, -0.2) is 56.6 Å². The summed E-state index contributed by atoms with van der Waals surface area (Å²) in [5.41, 5.74) is 5.89. The van der Waals surface area contributed by atoms with Crippen molar-refractivity contribution < 1.29 is 4.79 Å². The average molecular weight is 297 g/mol. The van der Waals surface area contributed by atoms with Crippen molar-refractivity contribution >= 4 is 28.2 Å². The molecule has 3 N–H and O–H groups in total. The van der Waals surface area contributed by atoms with Crippen LogP contribution < -0.4 is 16.0 Å². The Bertz CT molecular complexity index is 471. The molecule has 1 unspecified atom stereocenters. The van der Waals surface area contributed by atoms with Crippen molar-refractivity contribution in [3.63, 3.8) is 0 Å². The number of amides is 1. The molecule has 7 heteroatoms. The summed E-state index contributed by atoms with van der Waals surface area (Å²) in [6.07, 6.45) is 2.23. The van der Waals surface area contributed by atoms with Crippen LogP contribution in [0.2, 0.25) is 0 Å². The Hall–Kier alpha value is -1.34. The number of nitrogens with zero attached hydrogens (tertiary/aromatic N) is 3. The van der Waals surface area contributed by atoms with E-state index in [1.165, 1.54) is 17.8 Å². The number of thiazole rings is 1. The van der Waals surface area contributed by atoms with Gasteiger partial charge in [-0.25, -0.2) is 4.98 Å². The predicted octanol–water partition coefficient (Wildman–Crippen LogP) is 0.863. The highest BCUT2D eigenvalue weighted by Gasteiger charge is 2.27. The van der Waals surface area contributed by atoms with Gasteiger partial charge in [0.25, 0.3) is 5.91 Å². The molecule has 0 spiro atoms. The minimum atomic E-state index is 0.0221. The number of carbonyl (C=O) groups excluding carboxylic acids is 1. The molecular weight excluding hydrogens is 274 g/mol. The second kappa shape index (κ2) is 6.41. The van der Waals surface area contributed by atoms with Crippen LogP contribution in [-0.2, 0) is 0 Å². The number of nitrogens with two attached hydrogens (primary N) is 1. The number of anilines is 2. The molecular formula is C13H23N5OS. The molecule has 1 fully saturated rings. The van der Waals surface area contributed by atoms with Gasteiger partial charge in [-0.05, 0) is 32.4 Å². The first-order valence-electron chi connectivity index (χ1n) is 6.90. The summed E-state index contributed by atoms with van der Waals surface area (Å²) in [6.45, 7) is 2.56. The zero-order valence-corrected chi connectivity index (χ0v) is 13.2. The minimum Gasteiger partial charge on any atom is -0.382 e. The first-order valence-corrected chi connectivity index (χ1v) is 7.72. The molecule has 2 heterocycles. The van der Waals surface area contributed by atoms with Crippen LogP contribution in [0.4, 0.5) is 10.9 Å². The van der Waals surface area contributed by atoms with E-state index in [0.717, 1.165) is 31.2 Å². The lowest BCUT2D eigenvalue weighted by Gasteiger charge is -2.32. The smallest absolute Gasteiger partial charge is 0.267 e. The Kier molecular flexibility index (Phi) is 4.82. The van der Waals surface area contributed by atoms with Gasteiger partial charge in [-0.3, -0.25) is 4.79 Å². The van der Waals surface area contributed by atoms with Crippen molar-refractivity contribution in [3.05, 3.63) is 4.88 Å². The van der Waals surface area contributed by atoms with Gasteiger partial charge in [0, 0.05) is 27.2 Å². The number of nitrogen functional groups attached to an aromatic ring is 1. The van der Waals surface area contributed by atoms with Gasteiger partial charge < -0.3 is 20.9 Å². The van der Waals surface area contributed by atoms with E-state index in [9.17, 15) is 4.79 Å². The van der Waals surface area contributed by atoms with Crippen LogP contribution in [0.3, 0.4) is 0 Å². The van der Waals surface area contributed by atoms with Gasteiger partial charge in [-0.15, -0.1) is 0 Å². The summed E-state index contributed by atoms with van der Waals surface area (Å²) in [4.78, 5) is 21.2. The molecule has 112 valence electrons. The van der Waals surface area contributed by atoms with Crippen LogP contribution in [0.5, 0.6) is 0 Å². The monoisotopic (exact) mass is 297 g/mol. The Labute approximate surface area is 124 Å². The Balaban J connectivity index is 2.10. The number of nitrogens with one attached hydrogen (secondary N) is 1. The summed E-state index contributed by atoms with van der Waals surface area (Å²) in [6, 6.07) is 0. The van der Waals surface area contributed by atoms with E-state index in [-0.39, 0.29) is 5.91 Å². The molecule has 1 aliphatic heterocycles. The summed E-state index contributed by atoms with van der Waals surface area (Å²) < 4.78 is 0. The molecule has 0 bridgehead atoms. The lowest BCUT2D eigenvalue weighted by Crippen LogP contribution is -2.42. The first-order chi connectivity index (χ1) is 9.52. The van der Waals surface area contributed by atoms with Crippen molar-refractivity contribution in [2.45, 2.75) is 12.8 Å². The third-order valence-corrected chi connectivity index (χ3v) is 4.74. The second-order valence-electron chi connectivity index (χ2n) is 5.42. The zero-order chi connectivity index (χ0) is 14.7. The SMILES string of the molecule is CNCC1CCCN(C(=O)c2sc(N(C)C)nc2N)C1. The summed E-state index contributed by atoms with van der Waals surface area (Å²) in [7, 11) is 5.75. The van der Waals surface area contributed by atoms with Crippen molar-refractivity contribution in [2.75, 3.05) is 51.4 Å². The normalized spacial score (nSPS) is 19.1. The summed E-state index contributed by atoms with van der Waals surface area (Å²) in [5.74, 6) is 0.897. The average Bonchev–Trinajstić information content (AvgIpc) is 2.81. The lowest BCUT2D eigenvalue weighted by molar-refractivity contribution is 0.0680. The molecule has 1 saturated heterocycles. The number of aromatic nitrogens is 1. The minimum absolute atomic E-state index is 0.0221. The number of likely N-dealkylation sites (tertiary alicyclic amines) is 1. The predicted molar refractivity (Wildman–Crippen MR) is 83.4 cm³/mol. The summed E-state index contributed by atoms with van der Waals surface area (Å²) >= 11 is 1.37. The zero-order valence-electron chi connectivity index (χ0n) is 12.3. The van der Waals surface area contributed by atoms with Crippen LogP contribution in [0.1, 0.15) is 22.5 Å². The van der Waals surface area contributed by atoms with Crippen molar-refractivity contribution in [1.82, 2.24) is 15.2 Å². The highest BCUT2D eigenvalue weighted by molar-refractivity contribution is 7.18. The number of carbonyl (C=O) groups is 1. The molecule has 0 aromatic carbocycles. The molecule has 1 atom stereocenters. The Morgan fingerprint density at radius 1 is 1.60 bits per heavy atom. The van der Waals surface area contributed by atoms with Gasteiger partial charge in [-0.1, -0.05) is 11.3 Å². The maximum absolute atomic E-state index is 12.6. The molecule has 1 aliphatic rings. The third-order valence-electron chi connectivity index (χ3n) is 3.52. The third kappa shape index (κ3) is 3.21. The van der Waals surface area contributed by atoms with Crippen LogP contribution in [0.15, 0.2) is 0 Å². The van der Waals surface area contributed by atoms with E-state index in [1.54, 1.807) is 0 Å². The standard InChI is InChI=1S/C13H23N5OS/c1-15-7-9-5-4-6-18(8-9)12(19)10-11(14)16-13(20-10)17(2)3/h9,15H,4-8,14H2,1-3H3. The Morgan fingerprint density at radius 2 is 2.35 bits per heavy atom. The second-order valence-corrected chi connectivity index (χ2v) is 6.40. The fourth-order valence-corrected chi connectivity index (χ4v) is 3.39. The lowest BCUT2D eigenvalue weighted by atomic mass is 9.98. The van der Waals surface area contributed by atoms with Crippen LogP contribution in [0.25, 0.3) is 0 Å². The first kappa shape index (κ1) is 15.1. The molecule has 0 radical (unpaired) electrons. The highest BCUT2D eigenvalue weighted by atomic mass is 32.1. The fourth-order valence-electron chi connectivity index (χ4n) is 2.51. The molecule has 1 aromatic rings. The van der Waals surface area contributed by atoms with Crippen LogP contribution >= 0.6 is 11.3 Å². The van der Waals surface area contributed by atoms with Crippen molar-refractivity contribution in [1.29, 1.82) is 0 Å². The quantitative estimate of drug-likeness (QED) is 0.862. The van der Waals surface area contributed by atoms with Gasteiger partial charge in [0.15, 0.2) is 5.13 Å². The van der Waals surface area contributed by atoms with E-state index in [4.69, 9.17) is 5.73 Å². The van der Waals surface area contributed by atoms with E-state index in [0.29, 0.717) is 16.6 Å². The molecule has 0 aliphatic carbocycles. The number of hydrogen-bond acceptors (Lipinski definition) is 6. The number of rotatable bonds is 4. The molecule has 1 amide bonds. The van der Waals surface area contributed by atoms with E-state index >= 15 is 0 Å². The maximum Gasteiger partial charge on any atom is 0.267 e. The molecule has 6 nitrogen and oxygen atoms in total. The van der Waals surface area contributed by atoms with E-state index in [1.807, 2.05) is 30.9 Å². The van der Waals surface area contributed by atoms with Crippen LogP contribution in [0, 0.1) is 5.92 Å².